The molecule has 0 radical (unpaired) electrons. The highest BCUT2D eigenvalue weighted by atomic mass is 16.3. The molecule has 0 aliphatic heterocycles. The number of benzene rings is 2. The smallest absolute Gasteiger partial charge is 0.264 e. The number of nitrogens with one attached hydrogen (secondary N) is 1. The van der Waals surface area contributed by atoms with E-state index < -0.39 is 5.91 Å². The molecule has 0 spiro atoms. The second-order valence-electron chi connectivity index (χ2n) is 7.55. The average molecular weight is 392 g/mol. The van der Waals surface area contributed by atoms with Gasteiger partial charge in [-0.3, -0.25) is 9.36 Å². The summed E-state index contributed by atoms with van der Waals surface area (Å²) in [6.07, 6.45) is 4.62. The molecule has 3 rings (SSSR count). The molecule has 0 saturated heterocycles. The van der Waals surface area contributed by atoms with E-state index in [1.807, 2.05) is 62.4 Å². The Kier molecular flexibility index (Phi) is 6.27. The van der Waals surface area contributed by atoms with Crippen molar-refractivity contribution in [2.45, 2.75) is 46.0 Å². The van der Waals surface area contributed by atoms with Crippen molar-refractivity contribution < 1.29 is 15.0 Å². The Bertz CT molecular complexity index is 988. The number of rotatable bonds is 7. The molecular formula is C24H28N2O3. The number of amides is 1. The maximum absolute atomic E-state index is 12.8. The van der Waals surface area contributed by atoms with Crippen molar-refractivity contribution in [3.05, 3.63) is 71.4 Å². The van der Waals surface area contributed by atoms with Crippen molar-refractivity contribution >= 4 is 11.6 Å². The zero-order chi connectivity index (χ0) is 21.0. The van der Waals surface area contributed by atoms with Crippen molar-refractivity contribution in [3.63, 3.8) is 0 Å². The van der Waals surface area contributed by atoms with E-state index in [1.165, 1.54) is 16.3 Å². The van der Waals surface area contributed by atoms with Gasteiger partial charge in [-0.15, -0.1) is 0 Å². The maximum atomic E-state index is 12.8. The van der Waals surface area contributed by atoms with Crippen molar-refractivity contribution in [3.8, 4) is 17.3 Å². The Balaban J connectivity index is 1.87. The second kappa shape index (κ2) is 8.86. The normalized spacial score (nSPS) is 11.0. The molecule has 0 aliphatic rings. The molecule has 1 amide bonds. The third kappa shape index (κ3) is 4.45. The van der Waals surface area contributed by atoms with Crippen LogP contribution in [0.4, 0.5) is 5.69 Å². The minimum Gasteiger partial charge on any atom is -0.505 e. The summed E-state index contributed by atoms with van der Waals surface area (Å²) in [6.45, 7) is 6.24. The first kappa shape index (κ1) is 20.5. The van der Waals surface area contributed by atoms with Crippen LogP contribution in [0.3, 0.4) is 0 Å². The summed E-state index contributed by atoms with van der Waals surface area (Å²) < 4.78 is 1.42. The molecule has 0 bridgehead atoms. The quantitative estimate of drug-likeness (QED) is 0.489. The zero-order valence-corrected chi connectivity index (χ0v) is 17.1. The minimum absolute atomic E-state index is 0.140. The van der Waals surface area contributed by atoms with Crippen molar-refractivity contribution in [1.82, 2.24) is 4.57 Å². The number of hydrogen-bond donors (Lipinski definition) is 3. The molecule has 152 valence electrons. The van der Waals surface area contributed by atoms with Crippen molar-refractivity contribution in [2.75, 3.05) is 5.32 Å². The van der Waals surface area contributed by atoms with Crippen LogP contribution >= 0.6 is 0 Å². The van der Waals surface area contributed by atoms with E-state index in [0.29, 0.717) is 11.4 Å². The number of para-hydroxylation sites is 1. The first-order valence-corrected chi connectivity index (χ1v) is 10.0. The molecule has 0 unspecified atom stereocenters. The van der Waals surface area contributed by atoms with E-state index >= 15 is 0 Å². The second-order valence-corrected chi connectivity index (χ2v) is 7.55. The Morgan fingerprint density at radius 3 is 2.41 bits per heavy atom. The van der Waals surface area contributed by atoms with Gasteiger partial charge < -0.3 is 15.5 Å². The predicted molar refractivity (Wildman–Crippen MR) is 116 cm³/mol. The molecule has 0 aliphatic carbocycles. The summed E-state index contributed by atoms with van der Waals surface area (Å²) in [5.41, 5.74) is 3.41. The molecule has 0 saturated carbocycles. The summed E-state index contributed by atoms with van der Waals surface area (Å²) >= 11 is 0. The standard InChI is InChI=1S/C24H28N2O3/c1-4-5-8-17-11-13-18(14-12-17)26-15-21(27)22(24(26)29)23(28)25-20-10-7-6-9-19(20)16(2)3/h6-7,9-16,27,29H,4-5,8H2,1-3H3,(H,25,28). The number of nitrogens with zero attached hydrogens (tertiary/aromatic N) is 1. The number of unbranched alkanes of at least 4 members (excludes halogenated alkanes) is 1. The largest absolute Gasteiger partial charge is 0.505 e. The Labute approximate surface area is 171 Å². The fourth-order valence-corrected chi connectivity index (χ4v) is 3.40. The highest BCUT2D eigenvalue weighted by molar-refractivity contribution is 6.08. The summed E-state index contributed by atoms with van der Waals surface area (Å²) in [6, 6.07) is 15.3. The topological polar surface area (TPSA) is 74.5 Å². The van der Waals surface area contributed by atoms with Gasteiger partial charge in [0.25, 0.3) is 5.91 Å². The third-order valence-corrected chi connectivity index (χ3v) is 5.05. The van der Waals surface area contributed by atoms with Crippen molar-refractivity contribution in [1.29, 1.82) is 0 Å². The summed E-state index contributed by atoms with van der Waals surface area (Å²) in [4.78, 5) is 12.8. The summed E-state index contributed by atoms with van der Waals surface area (Å²) in [5, 5.41) is 23.8. The molecule has 2 aromatic carbocycles. The fourth-order valence-electron chi connectivity index (χ4n) is 3.40. The molecule has 1 heterocycles. The molecule has 0 fully saturated rings. The maximum Gasteiger partial charge on any atom is 0.264 e. The van der Waals surface area contributed by atoms with Crippen LogP contribution in [0.1, 0.15) is 61.0 Å². The van der Waals surface area contributed by atoms with Crippen LogP contribution in [0.15, 0.2) is 54.7 Å². The number of carbonyl (C=O) groups is 1. The first-order chi connectivity index (χ1) is 13.9. The van der Waals surface area contributed by atoms with Crippen LogP contribution in [0, 0.1) is 0 Å². The predicted octanol–water partition coefficient (Wildman–Crippen LogP) is 5.61. The van der Waals surface area contributed by atoms with E-state index in [1.54, 1.807) is 0 Å². The molecule has 3 aromatic rings. The van der Waals surface area contributed by atoms with Gasteiger partial charge in [0.1, 0.15) is 11.3 Å². The number of carbonyl (C=O) groups excluding carboxylic acids is 1. The van der Waals surface area contributed by atoms with Crippen LogP contribution in [0.2, 0.25) is 0 Å². The molecular weight excluding hydrogens is 364 g/mol. The number of aryl methyl sites for hydroxylation is 1. The van der Waals surface area contributed by atoms with Crippen LogP contribution in [0.5, 0.6) is 11.6 Å². The highest BCUT2D eigenvalue weighted by Crippen LogP contribution is 2.34. The van der Waals surface area contributed by atoms with Gasteiger partial charge in [-0.25, -0.2) is 0 Å². The van der Waals surface area contributed by atoms with E-state index in [-0.39, 0.29) is 23.1 Å². The monoisotopic (exact) mass is 392 g/mol. The fraction of sp³-hybridized carbons (Fsp3) is 0.292. The first-order valence-electron chi connectivity index (χ1n) is 10.0. The van der Waals surface area contributed by atoms with Gasteiger partial charge in [0.2, 0.25) is 5.88 Å². The van der Waals surface area contributed by atoms with E-state index in [4.69, 9.17) is 0 Å². The third-order valence-electron chi connectivity index (χ3n) is 5.05. The SMILES string of the molecule is CCCCc1ccc(-n2cc(O)c(C(=O)Nc3ccccc3C(C)C)c2O)cc1. The minimum atomic E-state index is -0.550. The zero-order valence-electron chi connectivity index (χ0n) is 17.1. The van der Waals surface area contributed by atoms with Crippen LogP contribution in [-0.2, 0) is 6.42 Å². The van der Waals surface area contributed by atoms with Gasteiger partial charge in [0.15, 0.2) is 0 Å². The number of hydrogen-bond acceptors (Lipinski definition) is 3. The molecule has 1 aromatic heterocycles. The van der Waals surface area contributed by atoms with Gasteiger partial charge >= 0.3 is 0 Å². The number of aromatic hydroxyl groups is 2. The number of anilines is 1. The molecule has 5 nitrogen and oxygen atoms in total. The molecule has 3 N–H and O–H groups in total. The van der Waals surface area contributed by atoms with Gasteiger partial charge in [-0.2, -0.15) is 0 Å². The summed E-state index contributed by atoms with van der Waals surface area (Å²) in [5.74, 6) is -0.878. The average Bonchev–Trinajstić information content (AvgIpc) is 3.01. The van der Waals surface area contributed by atoms with Crippen molar-refractivity contribution in [2.24, 2.45) is 0 Å². The van der Waals surface area contributed by atoms with Gasteiger partial charge in [-0.1, -0.05) is 57.5 Å². The molecule has 5 heteroatoms. The van der Waals surface area contributed by atoms with Gasteiger partial charge in [0, 0.05) is 11.4 Å². The van der Waals surface area contributed by atoms with Gasteiger partial charge in [-0.05, 0) is 48.1 Å². The number of aromatic nitrogens is 1. The van der Waals surface area contributed by atoms with Crippen LogP contribution in [-0.4, -0.2) is 20.7 Å². The Hall–Kier alpha value is -3.21. The lowest BCUT2D eigenvalue weighted by Gasteiger charge is -2.13. The highest BCUT2D eigenvalue weighted by Gasteiger charge is 2.23. The summed E-state index contributed by atoms with van der Waals surface area (Å²) in [7, 11) is 0. The van der Waals surface area contributed by atoms with E-state index in [0.717, 1.165) is 24.8 Å². The molecule has 0 atom stereocenters. The van der Waals surface area contributed by atoms with Crippen LogP contribution < -0.4 is 5.32 Å². The van der Waals surface area contributed by atoms with Crippen LogP contribution in [0.25, 0.3) is 5.69 Å². The lowest BCUT2D eigenvalue weighted by Crippen LogP contribution is -2.13. The Morgan fingerprint density at radius 1 is 1.07 bits per heavy atom. The van der Waals surface area contributed by atoms with E-state index in [2.05, 4.69) is 12.2 Å². The Morgan fingerprint density at radius 2 is 1.76 bits per heavy atom. The van der Waals surface area contributed by atoms with E-state index in [9.17, 15) is 15.0 Å². The lowest BCUT2D eigenvalue weighted by molar-refractivity contribution is 0.102. The molecule has 29 heavy (non-hydrogen) atoms. The lowest BCUT2D eigenvalue weighted by atomic mass is 10.0. The van der Waals surface area contributed by atoms with Gasteiger partial charge in [0.05, 0.1) is 6.20 Å².